The molecule has 0 radical (unpaired) electrons. The summed E-state index contributed by atoms with van der Waals surface area (Å²) in [6.45, 7) is 8.32. The molecule has 1 unspecified atom stereocenters. The Bertz CT molecular complexity index is 694. The number of aromatic nitrogens is 1. The zero-order chi connectivity index (χ0) is 15.4. The summed E-state index contributed by atoms with van der Waals surface area (Å²) in [6, 6.07) is 14.4. The van der Waals surface area contributed by atoms with E-state index in [0.29, 0.717) is 6.61 Å². The van der Waals surface area contributed by atoms with Gasteiger partial charge in [0.05, 0.1) is 6.61 Å². The normalized spacial score (nSPS) is 20.5. The number of epoxide rings is 1. The van der Waals surface area contributed by atoms with Crippen LogP contribution in [0.3, 0.4) is 0 Å². The minimum absolute atomic E-state index is 0.267. The van der Waals surface area contributed by atoms with Crippen molar-refractivity contribution >= 4 is 0 Å². The van der Waals surface area contributed by atoms with Crippen molar-refractivity contribution in [3.63, 3.8) is 0 Å². The van der Waals surface area contributed by atoms with Gasteiger partial charge in [-0.3, -0.25) is 4.98 Å². The number of allylic oxidation sites excluding steroid dienone is 2. The second-order valence-corrected chi connectivity index (χ2v) is 5.43. The second kappa shape index (κ2) is 6.12. The van der Waals surface area contributed by atoms with E-state index in [9.17, 15) is 0 Å². The standard InChI is InChI=1S/C20H19NO/c1-3-8-18(4-2)20(15-22-20)13-19-12-11-17(14-21-19)16-9-6-5-7-10-16/h3-12,14H,1-2,13,15H2/b18-8+. The van der Waals surface area contributed by atoms with Crippen LogP contribution in [0.2, 0.25) is 0 Å². The molecule has 0 spiro atoms. The van der Waals surface area contributed by atoms with E-state index in [2.05, 4.69) is 42.4 Å². The van der Waals surface area contributed by atoms with E-state index >= 15 is 0 Å². The summed E-state index contributed by atoms with van der Waals surface area (Å²) >= 11 is 0. The molecule has 0 bridgehead atoms. The van der Waals surface area contributed by atoms with Gasteiger partial charge in [-0.2, -0.15) is 0 Å². The zero-order valence-electron chi connectivity index (χ0n) is 12.5. The van der Waals surface area contributed by atoms with E-state index in [1.807, 2.05) is 36.5 Å². The van der Waals surface area contributed by atoms with Crippen LogP contribution < -0.4 is 0 Å². The van der Waals surface area contributed by atoms with Gasteiger partial charge in [-0.25, -0.2) is 0 Å². The number of hydrogen-bond acceptors (Lipinski definition) is 2. The molecular weight excluding hydrogens is 270 g/mol. The Kier molecular flexibility index (Phi) is 4.03. The van der Waals surface area contributed by atoms with Crippen LogP contribution in [-0.2, 0) is 11.2 Å². The summed E-state index contributed by atoms with van der Waals surface area (Å²) in [7, 11) is 0. The van der Waals surface area contributed by atoms with E-state index in [0.717, 1.165) is 23.3 Å². The lowest BCUT2D eigenvalue weighted by Gasteiger charge is -2.13. The highest BCUT2D eigenvalue weighted by Crippen LogP contribution is 2.39. The fourth-order valence-electron chi connectivity index (χ4n) is 2.61. The van der Waals surface area contributed by atoms with Gasteiger partial charge >= 0.3 is 0 Å². The quantitative estimate of drug-likeness (QED) is 0.583. The first-order valence-corrected chi connectivity index (χ1v) is 7.37. The molecule has 1 aromatic heterocycles. The number of pyridine rings is 1. The Hall–Kier alpha value is -2.45. The average molecular weight is 289 g/mol. The highest BCUT2D eigenvalue weighted by atomic mass is 16.6. The van der Waals surface area contributed by atoms with Crippen molar-refractivity contribution < 1.29 is 4.74 Å². The zero-order valence-corrected chi connectivity index (χ0v) is 12.5. The van der Waals surface area contributed by atoms with Crippen molar-refractivity contribution in [3.8, 4) is 11.1 Å². The molecule has 1 atom stereocenters. The van der Waals surface area contributed by atoms with Gasteiger partial charge in [0.2, 0.25) is 0 Å². The van der Waals surface area contributed by atoms with E-state index in [1.165, 1.54) is 5.56 Å². The highest BCUT2D eigenvalue weighted by molar-refractivity contribution is 5.62. The van der Waals surface area contributed by atoms with E-state index < -0.39 is 0 Å². The highest BCUT2D eigenvalue weighted by Gasteiger charge is 2.47. The van der Waals surface area contributed by atoms with E-state index in [1.54, 1.807) is 6.08 Å². The van der Waals surface area contributed by atoms with Crippen molar-refractivity contribution in [3.05, 3.63) is 91.3 Å². The largest absolute Gasteiger partial charge is 0.364 e. The summed E-state index contributed by atoms with van der Waals surface area (Å²) in [5.74, 6) is 0. The van der Waals surface area contributed by atoms with E-state index in [-0.39, 0.29) is 5.60 Å². The third-order valence-corrected chi connectivity index (χ3v) is 3.93. The first-order valence-electron chi connectivity index (χ1n) is 7.37. The number of rotatable bonds is 6. The summed E-state index contributed by atoms with van der Waals surface area (Å²) in [4.78, 5) is 4.59. The Morgan fingerprint density at radius 1 is 1.14 bits per heavy atom. The molecule has 2 aromatic rings. The Balaban J connectivity index is 1.78. The molecule has 0 saturated carbocycles. The van der Waals surface area contributed by atoms with Crippen LogP contribution in [0, 0.1) is 0 Å². The lowest BCUT2D eigenvalue weighted by atomic mass is 9.93. The van der Waals surface area contributed by atoms with E-state index in [4.69, 9.17) is 4.74 Å². The fraction of sp³-hybridized carbons (Fsp3) is 0.150. The molecule has 0 N–H and O–H groups in total. The molecule has 2 heterocycles. The van der Waals surface area contributed by atoms with Crippen LogP contribution in [-0.4, -0.2) is 17.2 Å². The topological polar surface area (TPSA) is 25.4 Å². The lowest BCUT2D eigenvalue weighted by molar-refractivity contribution is 0.339. The third kappa shape index (κ3) is 2.92. The van der Waals surface area contributed by atoms with Crippen LogP contribution in [0.4, 0.5) is 0 Å². The van der Waals surface area contributed by atoms with Crippen LogP contribution >= 0.6 is 0 Å². The summed E-state index contributed by atoms with van der Waals surface area (Å²) in [5, 5.41) is 0. The Morgan fingerprint density at radius 2 is 1.91 bits per heavy atom. The first-order chi connectivity index (χ1) is 10.8. The van der Waals surface area contributed by atoms with Gasteiger partial charge in [-0.1, -0.05) is 67.8 Å². The van der Waals surface area contributed by atoms with Crippen molar-refractivity contribution in [2.45, 2.75) is 12.0 Å². The van der Waals surface area contributed by atoms with Gasteiger partial charge in [0.15, 0.2) is 0 Å². The van der Waals surface area contributed by atoms with Gasteiger partial charge in [0, 0.05) is 23.9 Å². The van der Waals surface area contributed by atoms with Crippen molar-refractivity contribution in [2.24, 2.45) is 0 Å². The smallest absolute Gasteiger partial charge is 0.122 e. The molecule has 22 heavy (non-hydrogen) atoms. The third-order valence-electron chi connectivity index (χ3n) is 3.93. The maximum atomic E-state index is 5.69. The van der Waals surface area contributed by atoms with Crippen molar-refractivity contribution in [1.29, 1.82) is 0 Å². The monoisotopic (exact) mass is 289 g/mol. The molecule has 1 aliphatic heterocycles. The molecule has 0 aliphatic carbocycles. The van der Waals surface area contributed by atoms with Crippen molar-refractivity contribution in [1.82, 2.24) is 4.98 Å². The molecule has 110 valence electrons. The SMILES string of the molecule is C=C/C=C(\C=C)C1(Cc2ccc(-c3ccccc3)cn2)CO1. The minimum atomic E-state index is -0.267. The molecule has 1 aromatic carbocycles. The molecule has 2 heteroatoms. The number of hydrogen-bond donors (Lipinski definition) is 0. The van der Waals surface area contributed by atoms with Crippen molar-refractivity contribution in [2.75, 3.05) is 6.61 Å². The molecule has 1 fully saturated rings. The van der Waals surface area contributed by atoms with Crippen LogP contribution in [0.15, 0.2) is 85.6 Å². The summed E-state index contributed by atoms with van der Waals surface area (Å²) < 4.78 is 5.69. The maximum absolute atomic E-state index is 5.69. The molecular formula is C20H19NO. The van der Waals surface area contributed by atoms with Gasteiger partial charge in [-0.05, 0) is 17.2 Å². The Morgan fingerprint density at radius 3 is 2.45 bits per heavy atom. The predicted molar refractivity (Wildman–Crippen MR) is 90.5 cm³/mol. The maximum Gasteiger partial charge on any atom is 0.122 e. The minimum Gasteiger partial charge on any atom is -0.364 e. The average Bonchev–Trinajstić information content (AvgIpc) is 3.34. The predicted octanol–water partition coefficient (Wildman–Crippen LogP) is 4.36. The van der Waals surface area contributed by atoms with Gasteiger partial charge in [0.25, 0.3) is 0 Å². The molecule has 0 amide bonds. The van der Waals surface area contributed by atoms with Crippen LogP contribution in [0.25, 0.3) is 11.1 Å². The molecule has 3 rings (SSSR count). The lowest BCUT2D eigenvalue weighted by Crippen LogP contribution is -2.18. The van der Waals surface area contributed by atoms with Crippen LogP contribution in [0.1, 0.15) is 5.69 Å². The molecule has 2 nitrogen and oxygen atoms in total. The number of benzene rings is 1. The summed E-state index contributed by atoms with van der Waals surface area (Å²) in [5.41, 5.74) is 4.13. The molecule has 1 saturated heterocycles. The number of nitrogens with zero attached hydrogens (tertiary/aromatic N) is 1. The fourth-order valence-corrected chi connectivity index (χ4v) is 2.61. The first kappa shape index (κ1) is 14.5. The summed E-state index contributed by atoms with van der Waals surface area (Å²) in [6.07, 6.45) is 8.25. The Labute approximate surface area is 131 Å². The van der Waals surface area contributed by atoms with Gasteiger partial charge in [-0.15, -0.1) is 0 Å². The van der Waals surface area contributed by atoms with Gasteiger partial charge < -0.3 is 4.74 Å². The number of ether oxygens (including phenoxy) is 1. The van der Waals surface area contributed by atoms with Gasteiger partial charge in [0.1, 0.15) is 5.60 Å². The van der Waals surface area contributed by atoms with Crippen LogP contribution in [0.5, 0.6) is 0 Å². The second-order valence-electron chi connectivity index (χ2n) is 5.43. The molecule has 1 aliphatic rings.